The minimum absolute atomic E-state index is 0.0412. The highest BCUT2D eigenvalue weighted by molar-refractivity contribution is 5.98. The van der Waals surface area contributed by atoms with Crippen molar-refractivity contribution >= 4 is 23.3 Å². The van der Waals surface area contributed by atoms with Crippen LogP contribution in [0.4, 0.5) is 5.69 Å². The quantitative estimate of drug-likeness (QED) is 0.781. The van der Waals surface area contributed by atoms with Crippen LogP contribution in [0.3, 0.4) is 0 Å². The summed E-state index contributed by atoms with van der Waals surface area (Å²) < 4.78 is 0. The number of anilines is 1. The molecule has 1 aromatic rings. The summed E-state index contributed by atoms with van der Waals surface area (Å²) in [5.41, 5.74) is 7.16. The van der Waals surface area contributed by atoms with E-state index in [1.807, 2.05) is 13.8 Å². The summed E-state index contributed by atoms with van der Waals surface area (Å²) >= 11 is 0. The first-order valence-corrected chi connectivity index (χ1v) is 11.2. The Bertz CT molecular complexity index is 857. The van der Waals surface area contributed by atoms with Crippen molar-refractivity contribution in [3.63, 3.8) is 0 Å². The molecular weight excluding hydrogens is 378 g/mol. The van der Waals surface area contributed by atoms with Gasteiger partial charge in [0.1, 0.15) is 12.4 Å². The van der Waals surface area contributed by atoms with Crippen molar-refractivity contribution in [1.82, 2.24) is 15.2 Å². The second kappa shape index (κ2) is 8.28. The van der Waals surface area contributed by atoms with Gasteiger partial charge in [-0.25, -0.2) is 0 Å². The molecule has 162 valence electrons. The van der Waals surface area contributed by atoms with Crippen molar-refractivity contribution in [3.05, 3.63) is 28.8 Å². The van der Waals surface area contributed by atoms with Crippen LogP contribution in [-0.4, -0.2) is 52.2 Å². The standard InChI is InChI=1S/C23H33N5O2/c1-5-8-19-25-26-22-23(30)27(17-9-6-7-10-18(17)28(19)22)13-20(29)24-21-15(3)11-14(2)12-16(21)4/h11-12,17-18,22,26H,5-10,13H2,1-4H3,(H,24,29). The van der Waals surface area contributed by atoms with Gasteiger partial charge in [0.05, 0.1) is 12.1 Å². The fourth-order valence-electron chi connectivity index (χ4n) is 5.38. The Morgan fingerprint density at radius 3 is 2.50 bits per heavy atom. The van der Waals surface area contributed by atoms with Gasteiger partial charge < -0.3 is 15.1 Å². The van der Waals surface area contributed by atoms with Gasteiger partial charge in [-0.1, -0.05) is 37.5 Å². The third kappa shape index (κ3) is 3.66. The van der Waals surface area contributed by atoms with Gasteiger partial charge in [0.15, 0.2) is 6.17 Å². The molecular formula is C23H33N5O2. The number of benzene rings is 1. The molecule has 0 aromatic heterocycles. The molecule has 0 spiro atoms. The number of carbonyl (C=O) groups excluding carboxylic acids is 2. The molecule has 1 aromatic carbocycles. The second-order valence-corrected chi connectivity index (χ2v) is 8.92. The van der Waals surface area contributed by atoms with E-state index >= 15 is 0 Å². The number of amidine groups is 1. The molecule has 1 saturated heterocycles. The number of piperazine rings is 1. The van der Waals surface area contributed by atoms with Gasteiger partial charge in [-0.2, -0.15) is 5.10 Å². The number of amides is 2. The van der Waals surface area contributed by atoms with Crippen molar-refractivity contribution in [3.8, 4) is 0 Å². The number of hydrazone groups is 1. The third-order valence-electron chi connectivity index (χ3n) is 6.59. The average Bonchev–Trinajstić information content (AvgIpc) is 3.12. The molecule has 4 rings (SSSR count). The first kappa shape index (κ1) is 20.7. The first-order valence-electron chi connectivity index (χ1n) is 11.2. The maximum absolute atomic E-state index is 13.3. The zero-order chi connectivity index (χ0) is 21.4. The molecule has 0 radical (unpaired) electrons. The van der Waals surface area contributed by atoms with Gasteiger partial charge in [-0.15, -0.1) is 0 Å². The number of nitrogens with one attached hydrogen (secondary N) is 2. The lowest BCUT2D eigenvalue weighted by molar-refractivity contribution is -0.151. The maximum atomic E-state index is 13.3. The number of aryl methyl sites for hydroxylation is 3. The number of nitrogens with zero attached hydrogens (tertiary/aromatic N) is 3. The zero-order valence-electron chi connectivity index (χ0n) is 18.5. The van der Waals surface area contributed by atoms with E-state index in [1.165, 1.54) is 5.56 Å². The van der Waals surface area contributed by atoms with Gasteiger partial charge in [-0.05, 0) is 51.2 Å². The van der Waals surface area contributed by atoms with E-state index in [1.54, 1.807) is 4.90 Å². The monoisotopic (exact) mass is 411 g/mol. The summed E-state index contributed by atoms with van der Waals surface area (Å²) in [4.78, 5) is 30.3. The molecule has 2 amide bonds. The number of hydrogen-bond acceptors (Lipinski definition) is 5. The molecule has 30 heavy (non-hydrogen) atoms. The maximum Gasteiger partial charge on any atom is 0.268 e. The molecule has 2 heterocycles. The molecule has 7 heteroatoms. The molecule has 2 aliphatic heterocycles. The first-order chi connectivity index (χ1) is 14.4. The lowest BCUT2D eigenvalue weighted by Gasteiger charge is -2.51. The van der Waals surface area contributed by atoms with Gasteiger partial charge >= 0.3 is 0 Å². The summed E-state index contributed by atoms with van der Waals surface area (Å²) in [5, 5.41) is 7.53. The van der Waals surface area contributed by atoms with Crippen molar-refractivity contribution < 1.29 is 9.59 Å². The van der Waals surface area contributed by atoms with Gasteiger partial charge in [-0.3, -0.25) is 15.0 Å². The molecule has 3 atom stereocenters. The van der Waals surface area contributed by atoms with E-state index < -0.39 is 6.17 Å². The van der Waals surface area contributed by atoms with Crippen molar-refractivity contribution in [2.45, 2.75) is 84.5 Å². The Labute approximate surface area is 178 Å². The van der Waals surface area contributed by atoms with Crippen molar-refractivity contribution in [1.29, 1.82) is 0 Å². The highest BCUT2D eigenvalue weighted by Gasteiger charge is 2.50. The number of carbonyl (C=O) groups is 2. The van der Waals surface area contributed by atoms with Gasteiger partial charge in [0, 0.05) is 12.1 Å². The smallest absolute Gasteiger partial charge is 0.268 e. The van der Waals surface area contributed by atoms with Crippen molar-refractivity contribution in [2.24, 2.45) is 5.10 Å². The van der Waals surface area contributed by atoms with E-state index in [2.05, 4.69) is 46.7 Å². The zero-order valence-corrected chi connectivity index (χ0v) is 18.5. The van der Waals surface area contributed by atoms with Gasteiger partial charge in [0.25, 0.3) is 5.91 Å². The van der Waals surface area contributed by atoms with Crippen LogP contribution in [0, 0.1) is 20.8 Å². The Kier molecular flexibility index (Phi) is 5.71. The highest BCUT2D eigenvalue weighted by Crippen LogP contribution is 2.35. The fourth-order valence-corrected chi connectivity index (χ4v) is 5.38. The van der Waals surface area contributed by atoms with Crippen molar-refractivity contribution in [2.75, 3.05) is 11.9 Å². The van der Waals surface area contributed by atoms with Crippen LogP contribution in [0.2, 0.25) is 0 Å². The lowest BCUT2D eigenvalue weighted by atomic mass is 9.85. The molecule has 1 saturated carbocycles. The lowest BCUT2D eigenvalue weighted by Crippen LogP contribution is -2.69. The van der Waals surface area contributed by atoms with Crippen LogP contribution < -0.4 is 10.7 Å². The molecule has 1 aliphatic carbocycles. The summed E-state index contributed by atoms with van der Waals surface area (Å²) in [6.07, 6.45) is 5.61. The predicted molar refractivity (Wildman–Crippen MR) is 118 cm³/mol. The van der Waals surface area contributed by atoms with Gasteiger partial charge in [0.2, 0.25) is 5.91 Å². The van der Waals surface area contributed by atoms with Crippen LogP contribution in [0.25, 0.3) is 0 Å². The van der Waals surface area contributed by atoms with Crippen LogP contribution >= 0.6 is 0 Å². The molecule has 2 N–H and O–H groups in total. The normalized spacial score (nSPS) is 25.4. The molecule has 3 unspecified atom stereocenters. The van der Waals surface area contributed by atoms with Crippen LogP contribution in [0.5, 0.6) is 0 Å². The summed E-state index contributed by atoms with van der Waals surface area (Å²) in [7, 11) is 0. The van der Waals surface area contributed by atoms with Crippen LogP contribution in [-0.2, 0) is 9.59 Å². The minimum Gasteiger partial charge on any atom is -0.325 e. The topological polar surface area (TPSA) is 77.0 Å². The number of fused-ring (bicyclic) bond motifs is 3. The van der Waals surface area contributed by atoms with E-state index in [4.69, 9.17) is 0 Å². The minimum atomic E-state index is -0.471. The SMILES string of the molecule is CCCC1=NNC2C(=O)N(CC(=O)Nc3c(C)cc(C)cc3C)C3CCCCC3N12. The van der Waals surface area contributed by atoms with E-state index in [0.717, 1.165) is 61.2 Å². The fraction of sp³-hybridized carbons (Fsp3) is 0.609. The molecule has 2 fully saturated rings. The summed E-state index contributed by atoms with van der Waals surface area (Å²) in [6, 6.07) is 4.44. The molecule has 7 nitrogen and oxygen atoms in total. The largest absolute Gasteiger partial charge is 0.325 e. The van der Waals surface area contributed by atoms with E-state index in [0.29, 0.717) is 0 Å². The van der Waals surface area contributed by atoms with E-state index in [9.17, 15) is 9.59 Å². The predicted octanol–water partition coefficient (Wildman–Crippen LogP) is 3.05. The summed E-state index contributed by atoms with van der Waals surface area (Å²) in [6.45, 7) is 8.28. The van der Waals surface area contributed by atoms with E-state index in [-0.39, 0.29) is 30.4 Å². The Balaban J connectivity index is 1.53. The number of rotatable bonds is 5. The Morgan fingerprint density at radius 1 is 1.17 bits per heavy atom. The third-order valence-corrected chi connectivity index (χ3v) is 6.59. The molecule has 0 bridgehead atoms. The number of hydrogen-bond donors (Lipinski definition) is 2. The average molecular weight is 412 g/mol. The Morgan fingerprint density at radius 2 is 1.83 bits per heavy atom. The summed E-state index contributed by atoms with van der Waals surface area (Å²) in [5.74, 6) is 0.812. The molecule has 3 aliphatic rings. The van der Waals surface area contributed by atoms with Crippen LogP contribution in [0.15, 0.2) is 17.2 Å². The van der Waals surface area contributed by atoms with Crippen LogP contribution in [0.1, 0.15) is 62.1 Å². The highest BCUT2D eigenvalue weighted by atomic mass is 16.2. The second-order valence-electron chi connectivity index (χ2n) is 8.92. The Hall–Kier alpha value is -2.57.